The van der Waals surface area contributed by atoms with Crippen LogP contribution in [0.5, 0.6) is 0 Å². The van der Waals surface area contributed by atoms with E-state index in [0.717, 1.165) is 32.1 Å². The van der Waals surface area contributed by atoms with Crippen LogP contribution in [0, 0.1) is 0 Å². The van der Waals surface area contributed by atoms with Gasteiger partial charge in [-0.1, -0.05) is 19.3 Å². The molecule has 2 rings (SSSR count). The molecule has 0 spiro atoms. The number of hydrogen-bond acceptors (Lipinski definition) is 4. The van der Waals surface area contributed by atoms with Gasteiger partial charge in [0.25, 0.3) is 0 Å². The van der Waals surface area contributed by atoms with Crippen molar-refractivity contribution in [3.05, 3.63) is 0 Å². The van der Waals surface area contributed by atoms with Gasteiger partial charge in [0.05, 0.1) is 13.2 Å². The predicted molar refractivity (Wildman–Crippen MR) is 84.8 cm³/mol. The van der Waals surface area contributed by atoms with Crippen molar-refractivity contribution in [3.63, 3.8) is 0 Å². The summed E-state index contributed by atoms with van der Waals surface area (Å²) in [4.78, 5) is 37.5. The topological polar surface area (TPSA) is 87.7 Å². The van der Waals surface area contributed by atoms with Gasteiger partial charge in [0.2, 0.25) is 5.91 Å². The minimum Gasteiger partial charge on any atom is -0.464 e. The van der Waals surface area contributed by atoms with Gasteiger partial charge in [-0.25, -0.2) is 9.59 Å². The van der Waals surface area contributed by atoms with Gasteiger partial charge in [0.1, 0.15) is 6.04 Å². The lowest BCUT2D eigenvalue weighted by Crippen LogP contribution is -2.49. The molecule has 1 atom stereocenters. The van der Waals surface area contributed by atoms with Crippen molar-refractivity contribution in [2.45, 2.75) is 64.0 Å². The number of ether oxygens (including phenoxy) is 1. The molecule has 2 aliphatic rings. The highest BCUT2D eigenvalue weighted by Gasteiger charge is 2.34. The van der Waals surface area contributed by atoms with Gasteiger partial charge >= 0.3 is 12.0 Å². The molecular formula is C16H27N3O4. The second-order valence-corrected chi connectivity index (χ2v) is 6.16. The summed E-state index contributed by atoms with van der Waals surface area (Å²) in [5.41, 5.74) is 0. The summed E-state index contributed by atoms with van der Waals surface area (Å²) in [7, 11) is 0. The number of hydrogen-bond donors (Lipinski definition) is 2. The van der Waals surface area contributed by atoms with Crippen molar-refractivity contribution in [2.75, 3.05) is 19.7 Å². The molecule has 7 nitrogen and oxygen atoms in total. The first kappa shape index (κ1) is 17.6. The van der Waals surface area contributed by atoms with E-state index in [1.807, 2.05) is 0 Å². The SMILES string of the molecule is CCOC(=O)[C@H]1CCCN1C(=O)CNC(=O)NC1CCCCC1. The van der Waals surface area contributed by atoms with Crippen LogP contribution < -0.4 is 10.6 Å². The Morgan fingerprint density at radius 3 is 2.52 bits per heavy atom. The number of likely N-dealkylation sites (tertiary alicyclic amines) is 1. The molecule has 0 radical (unpaired) electrons. The number of nitrogens with one attached hydrogen (secondary N) is 2. The van der Waals surface area contributed by atoms with E-state index in [2.05, 4.69) is 10.6 Å². The molecule has 0 aromatic carbocycles. The molecule has 0 unspecified atom stereocenters. The number of nitrogens with zero attached hydrogens (tertiary/aromatic N) is 1. The first-order valence-corrected chi connectivity index (χ1v) is 8.62. The van der Waals surface area contributed by atoms with E-state index in [4.69, 9.17) is 4.74 Å². The number of esters is 1. The van der Waals surface area contributed by atoms with Crippen LogP contribution in [0.2, 0.25) is 0 Å². The van der Waals surface area contributed by atoms with Crippen molar-refractivity contribution in [1.82, 2.24) is 15.5 Å². The van der Waals surface area contributed by atoms with E-state index in [9.17, 15) is 14.4 Å². The van der Waals surface area contributed by atoms with Gasteiger partial charge in [0, 0.05) is 12.6 Å². The molecule has 1 saturated heterocycles. The molecule has 0 bridgehead atoms. The Morgan fingerprint density at radius 1 is 1.09 bits per heavy atom. The van der Waals surface area contributed by atoms with Crippen molar-refractivity contribution in [2.24, 2.45) is 0 Å². The molecule has 130 valence electrons. The van der Waals surface area contributed by atoms with Gasteiger partial charge in [-0.3, -0.25) is 4.79 Å². The molecule has 1 saturated carbocycles. The molecule has 1 aliphatic heterocycles. The maximum absolute atomic E-state index is 12.2. The highest BCUT2D eigenvalue weighted by atomic mass is 16.5. The highest BCUT2D eigenvalue weighted by molar-refractivity contribution is 5.88. The quantitative estimate of drug-likeness (QED) is 0.743. The molecular weight excluding hydrogens is 298 g/mol. The Morgan fingerprint density at radius 2 is 1.83 bits per heavy atom. The van der Waals surface area contributed by atoms with E-state index in [0.29, 0.717) is 19.6 Å². The monoisotopic (exact) mass is 325 g/mol. The van der Waals surface area contributed by atoms with Gasteiger partial charge in [-0.15, -0.1) is 0 Å². The van der Waals surface area contributed by atoms with Crippen molar-refractivity contribution in [1.29, 1.82) is 0 Å². The molecule has 0 aromatic heterocycles. The zero-order valence-corrected chi connectivity index (χ0v) is 13.8. The largest absolute Gasteiger partial charge is 0.464 e. The van der Waals surface area contributed by atoms with E-state index in [-0.39, 0.29) is 30.5 Å². The summed E-state index contributed by atoms with van der Waals surface area (Å²) >= 11 is 0. The zero-order chi connectivity index (χ0) is 16.7. The Bertz CT molecular complexity index is 435. The predicted octanol–water partition coefficient (Wildman–Crippen LogP) is 1.17. The maximum Gasteiger partial charge on any atom is 0.328 e. The second-order valence-electron chi connectivity index (χ2n) is 6.16. The normalized spacial score (nSPS) is 21.8. The number of carbonyl (C=O) groups excluding carboxylic acids is 3. The standard InChI is InChI=1S/C16H27N3O4/c1-2-23-15(21)13-9-6-10-19(13)14(20)11-17-16(22)18-12-7-4-3-5-8-12/h12-13H,2-11H2,1H3,(H2,17,18,22)/t13-/m1/s1. The third-order valence-corrected chi connectivity index (χ3v) is 4.47. The van der Waals surface area contributed by atoms with Crippen molar-refractivity contribution >= 4 is 17.9 Å². The van der Waals surface area contributed by atoms with Crippen LogP contribution in [-0.2, 0) is 14.3 Å². The summed E-state index contributed by atoms with van der Waals surface area (Å²) in [6.07, 6.45) is 6.90. The summed E-state index contributed by atoms with van der Waals surface area (Å²) in [5, 5.41) is 5.51. The van der Waals surface area contributed by atoms with Crippen LogP contribution in [0.25, 0.3) is 0 Å². The number of carbonyl (C=O) groups is 3. The van der Waals surface area contributed by atoms with Gasteiger partial charge in [-0.2, -0.15) is 0 Å². The van der Waals surface area contributed by atoms with Crippen LogP contribution in [0.3, 0.4) is 0 Å². The lowest BCUT2D eigenvalue weighted by atomic mass is 9.96. The Labute approximate surface area is 137 Å². The van der Waals surface area contributed by atoms with Gasteiger partial charge in [-0.05, 0) is 32.6 Å². The molecule has 3 amide bonds. The lowest BCUT2D eigenvalue weighted by Gasteiger charge is -2.25. The maximum atomic E-state index is 12.2. The minimum absolute atomic E-state index is 0.0888. The summed E-state index contributed by atoms with van der Waals surface area (Å²) in [5.74, 6) is -0.593. The molecule has 1 heterocycles. The van der Waals surface area contributed by atoms with Crippen LogP contribution in [-0.4, -0.2) is 54.6 Å². The smallest absolute Gasteiger partial charge is 0.328 e. The third-order valence-electron chi connectivity index (χ3n) is 4.47. The third kappa shape index (κ3) is 5.11. The molecule has 7 heteroatoms. The van der Waals surface area contributed by atoms with Crippen molar-refractivity contribution < 1.29 is 19.1 Å². The molecule has 2 fully saturated rings. The molecule has 1 aliphatic carbocycles. The fourth-order valence-electron chi connectivity index (χ4n) is 3.29. The summed E-state index contributed by atoms with van der Waals surface area (Å²) in [6.45, 7) is 2.50. The van der Waals surface area contributed by atoms with Crippen LogP contribution in [0.4, 0.5) is 4.79 Å². The van der Waals surface area contributed by atoms with Gasteiger partial charge in [0.15, 0.2) is 0 Å². The number of rotatable bonds is 5. The van der Waals surface area contributed by atoms with Crippen LogP contribution >= 0.6 is 0 Å². The first-order valence-electron chi connectivity index (χ1n) is 8.62. The fraction of sp³-hybridized carbons (Fsp3) is 0.812. The minimum atomic E-state index is -0.509. The average Bonchev–Trinajstić information content (AvgIpc) is 3.03. The zero-order valence-electron chi connectivity index (χ0n) is 13.8. The lowest BCUT2D eigenvalue weighted by molar-refractivity contribution is -0.152. The number of amides is 3. The average molecular weight is 325 g/mol. The van der Waals surface area contributed by atoms with E-state index in [1.165, 1.54) is 11.3 Å². The fourth-order valence-corrected chi connectivity index (χ4v) is 3.29. The van der Waals surface area contributed by atoms with E-state index in [1.54, 1.807) is 6.92 Å². The van der Waals surface area contributed by atoms with Gasteiger partial charge < -0.3 is 20.3 Å². The molecule has 23 heavy (non-hydrogen) atoms. The molecule has 2 N–H and O–H groups in total. The summed E-state index contributed by atoms with van der Waals surface area (Å²) < 4.78 is 5.00. The first-order chi connectivity index (χ1) is 11.1. The Kier molecular flexibility index (Phi) is 6.67. The second kappa shape index (κ2) is 8.74. The Balaban J connectivity index is 1.74. The highest BCUT2D eigenvalue weighted by Crippen LogP contribution is 2.19. The molecule has 0 aromatic rings. The Hall–Kier alpha value is -1.79. The number of urea groups is 1. The summed E-state index contributed by atoms with van der Waals surface area (Å²) in [6, 6.07) is -0.610. The van der Waals surface area contributed by atoms with Crippen LogP contribution in [0.1, 0.15) is 51.9 Å². The van der Waals surface area contributed by atoms with E-state index < -0.39 is 6.04 Å². The van der Waals surface area contributed by atoms with Crippen molar-refractivity contribution in [3.8, 4) is 0 Å². The van der Waals surface area contributed by atoms with Crippen LogP contribution in [0.15, 0.2) is 0 Å². The van der Waals surface area contributed by atoms with E-state index >= 15 is 0 Å².